The van der Waals surface area contributed by atoms with Crippen LogP contribution in [0.2, 0.25) is 0 Å². The summed E-state index contributed by atoms with van der Waals surface area (Å²) < 4.78 is 31.8. The Morgan fingerprint density at radius 2 is 2.14 bits per heavy atom. The summed E-state index contributed by atoms with van der Waals surface area (Å²) in [5.41, 5.74) is 0.751. The van der Waals surface area contributed by atoms with Crippen LogP contribution in [0.15, 0.2) is 22.7 Å². The maximum absolute atomic E-state index is 13.4. The lowest BCUT2D eigenvalue weighted by Crippen LogP contribution is -2.33. The Kier molecular flexibility index (Phi) is 4.47. The van der Waals surface area contributed by atoms with Crippen molar-refractivity contribution in [3.05, 3.63) is 47.1 Å². The SMILES string of the molecule is CCc1noc([C@H]2CCCCN2Cc2ccc(F)c(F)c2)n1. The Labute approximate surface area is 128 Å². The van der Waals surface area contributed by atoms with E-state index in [1.807, 2.05) is 6.92 Å². The second kappa shape index (κ2) is 6.52. The Morgan fingerprint density at radius 1 is 1.27 bits per heavy atom. The number of hydrogen-bond acceptors (Lipinski definition) is 4. The van der Waals surface area contributed by atoms with Crippen LogP contribution in [-0.4, -0.2) is 21.6 Å². The van der Waals surface area contributed by atoms with Gasteiger partial charge in [0.05, 0.1) is 6.04 Å². The summed E-state index contributed by atoms with van der Waals surface area (Å²) in [6.45, 7) is 3.41. The van der Waals surface area contributed by atoms with Crippen LogP contribution >= 0.6 is 0 Å². The number of hydrogen-bond donors (Lipinski definition) is 0. The molecule has 1 aliphatic rings. The molecule has 22 heavy (non-hydrogen) atoms. The van der Waals surface area contributed by atoms with Crippen molar-refractivity contribution in [1.82, 2.24) is 15.0 Å². The maximum Gasteiger partial charge on any atom is 0.244 e. The van der Waals surface area contributed by atoms with Gasteiger partial charge >= 0.3 is 0 Å². The number of aryl methyl sites for hydroxylation is 1. The molecule has 3 rings (SSSR count). The third-order valence-corrected chi connectivity index (χ3v) is 4.07. The number of aromatic nitrogens is 2. The molecule has 2 heterocycles. The van der Waals surface area contributed by atoms with Crippen LogP contribution in [0.25, 0.3) is 0 Å². The summed E-state index contributed by atoms with van der Waals surface area (Å²) in [4.78, 5) is 6.62. The fraction of sp³-hybridized carbons (Fsp3) is 0.500. The highest BCUT2D eigenvalue weighted by Gasteiger charge is 2.28. The van der Waals surface area contributed by atoms with E-state index in [1.54, 1.807) is 6.07 Å². The van der Waals surface area contributed by atoms with Gasteiger partial charge in [-0.1, -0.05) is 24.6 Å². The molecule has 1 saturated heterocycles. The number of likely N-dealkylation sites (tertiary alicyclic amines) is 1. The second-order valence-electron chi connectivity index (χ2n) is 5.63. The van der Waals surface area contributed by atoms with Crippen molar-refractivity contribution in [2.24, 2.45) is 0 Å². The van der Waals surface area contributed by atoms with Gasteiger partial charge in [0.15, 0.2) is 17.5 Å². The highest BCUT2D eigenvalue weighted by molar-refractivity contribution is 5.18. The molecule has 0 bridgehead atoms. The van der Waals surface area contributed by atoms with Crippen molar-refractivity contribution >= 4 is 0 Å². The molecule has 6 heteroatoms. The first-order valence-electron chi connectivity index (χ1n) is 7.68. The van der Waals surface area contributed by atoms with E-state index in [1.165, 1.54) is 12.1 Å². The summed E-state index contributed by atoms with van der Waals surface area (Å²) in [5.74, 6) is -0.298. The fourth-order valence-electron chi connectivity index (χ4n) is 2.88. The number of rotatable bonds is 4. The molecule has 0 saturated carbocycles. The van der Waals surface area contributed by atoms with Crippen molar-refractivity contribution in [3.63, 3.8) is 0 Å². The normalized spacial score (nSPS) is 19.5. The predicted molar refractivity (Wildman–Crippen MR) is 77.0 cm³/mol. The summed E-state index contributed by atoms with van der Waals surface area (Å²) in [5, 5.41) is 3.95. The number of benzene rings is 1. The number of nitrogens with zero attached hydrogens (tertiary/aromatic N) is 3. The first-order chi connectivity index (χ1) is 10.7. The molecule has 0 radical (unpaired) electrons. The minimum Gasteiger partial charge on any atom is -0.338 e. The average Bonchev–Trinajstić information content (AvgIpc) is 3.00. The molecule has 0 unspecified atom stereocenters. The standard InChI is InChI=1S/C16H19F2N3O/c1-2-15-19-16(22-20-15)14-5-3-4-8-21(14)10-11-6-7-12(17)13(18)9-11/h6-7,9,14H,2-5,8,10H2,1H3/t14-/m1/s1. The molecule has 0 aliphatic carbocycles. The summed E-state index contributed by atoms with van der Waals surface area (Å²) in [7, 11) is 0. The van der Waals surface area contributed by atoms with Gasteiger partial charge in [-0.3, -0.25) is 4.90 Å². The molecule has 118 valence electrons. The Bertz CT molecular complexity index is 644. The minimum atomic E-state index is -0.816. The van der Waals surface area contributed by atoms with Gasteiger partial charge in [0.1, 0.15) is 0 Å². The highest BCUT2D eigenvalue weighted by atomic mass is 19.2. The molecule has 0 amide bonds. The van der Waals surface area contributed by atoms with Crippen LogP contribution in [0.5, 0.6) is 0 Å². The second-order valence-corrected chi connectivity index (χ2v) is 5.63. The van der Waals surface area contributed by atoms with Gasteiger partial charge in [0, 0.05) is 13.0 Å². The van der Waals surface area contributed by atoms with Gasteiger partial charge in [0.25, 0.3) is 0 Å². The van der Waals surface area contributed by atoms with E-state index in [0.29, 0.717) is 18.3 Å². The molecular weight excluding hydrogens is 288 g/mol. The van der Waals surface area contributed by atoms with Crippen molar-refractivity contribution < 1.29 is 13.3 Å². The van der Waals surface area contributed by atoms with E-state index in [2.05, 4.69) is 15.0 Å². The summed E-state index contributed by atoms with van der Waals surface area (Å²) in [6, 6.07) is 4.10. The molecule has 1 atom stereocenters. The molecular formula is C16H19F2N3O. The summed E-state index contributed by atoms with van der Waals surface area (Å²) in [6.07, 6.45) is 3.85. The van der Waals surface area contributed by atoms with Crippen LogP contribution in [0, 0.1) is 11.6 Å². The molecule has 1 aromatic carbocycles. The molecule has 0 spiro atoms. The zero-order valence-electron chi connectivity index (χ0n) is 12.6. The minimum absolute atomic E-state index is 0.0506. The number of piperidine rings is 1. The van der Waals surface area contributed by atoms with E-state index >= 15 is 0 Å². The topological polar surface area (TPSA) is 42.2 Å². The first-order valence-corrected chi connectivity index (χ1v) is 7.68. The average molecular weight is 307 g/mol. The van der Waals surface area contributed by atoms with E-state index in [0.717, 1.165) is 37.8 Å². The van der Waals surface area contributed by atoms with E-state index in [9.17, 15) is 8.78 Å². The van der Waals surface area contributed by atoms with Crippen LogP contribution < -0.4 is 0 Å². The molecule has 1 fully saturated rings. The Hall–Kier alpha value is -1.82. The zero-order valence-corrected chi connectivity index (χ0v) is 12.6. The van der Waals surface area contributed by atoms with Gasteiger partial charge in [-0.25, -0.2) is 8.78 Å². The van der Waals surface area contributed by atoms with Crippen molar-refractivity contribution in [2.75, 3.05) is 6.54 Å². The first kappa shape index (κ1) is 15.1. The highest BCUT2D eigenvalue weighted by Crippen LogP contribution is 2.31. The van der Waals surface area contributed by atoms with Crippen LogP contribution in [-0.2, 0) is 13.0 Å². The Balaban J connectivity index is 1.78. The molecule has 4 nitrogen and oxygen atoms in total. The van der Waals surface area contributed by atoms with E-state index in [4.69, 9.17) is 4.52 Å². The molecule has 2 aromatic rings. The predicted octanol–water partition coefficient (Wildman–Crippen LogP) is 3.64. The number of halogens is 2. The smallest absolute Gasteiger partial charge is 0.244 e. The van der Waals surface area contributed by atoms with Gasteiger partial charge in [-0.2, -0.15) is 4.98 Å². The lowest BCUT2D eigenvalue weighted by atomic mass is 10.0. The molecule has 1 aromatic heterocycles. The van der Waals surface area contributed by atoms with Gasteiger partial charge < -0.3 is 4.52 Å². The van der Waals surface area contributed by atoms with Gasteiger partial charge in [0.2, 0.25) is 5.89 Å². The summed E-state index contributed by atoms with van der Waals surface area (Å²) >= 11 is 0. The maximum atomic E-state index is 13.4. The van der Waals surface area contributed by atoms with Crippen molar-refractivity contribution in [1.29, 1.82) is 0 Å². The van der Waals surface area contributed by atoms with Crippen LogP contribution in [0.4, 0.5) is 8.78 Å². The van der Waals surface area contributed by atoms with Gasteiger partial charge in [-0.05, 0) is 37.1 Å². The molecule has 0 N–H and O–H groups in total. The third kappa shape index (κ3) is 3.16. The van der Waals surface area contributed by atoms with E-state index < -0.39 is 11.6 Å². The lowest BCUT2D eigenvalue weighted by Gasteiger charge is -2.33. The van der Waals surface area contributed by atoms with Crippen molar-refractivity contribution in [2.45, 2.75) is 45.2 Å². The molecule has 1 aliphatic heterocycles. The fourth-order valence-corrected chi connectivity index (χ4v) is 2.88. The monoisotopic (exact) mass is 307 g/mol. The quantitative estimate of drug-likeness (QED) is 0.865. The third-order valence-electron chi connectivity index (χ3n) is 4.07. The zero-order chi connectivity index (χ0) is 15.5. The van der Waals surface area contributed by atoms with Crippen LogP contribution in [0.1, 0.15) is 49.5 Å². The Morgan fingerprint density at radius 3 is 2.86 bits per heavy atom. The van der Waals surface area contributed by atoms with Crippen LogP contribution in [0.3, 0.4) is 0 Å². The largest absolute Gasteiger partial charge is 0.338 e. The van der Waals surface area contributed by atoms with Crippen molar-refractivity contribution in [3.8, 4) is 0 Å². The van der Waals surface area contributed by atoms with Gasteiger partial charge in [-0.15, -0.1) is 0 Å². The lowest BCUT2D eigenvalue weighted by molar-refractivity contribution is 0.111. The van der Waals surface area contributed by atoms with E-state index in [-0.39, 0.29) is 6.04 Å².